The van der Waals surface area contributed by atoms with Gasteiger partial charge in [-0.2, -0.15) is 0 Å². The van der Waals surface area contributed by atoms with Crippen LogP contribution in [-0.4, -0.2) is 48.6 Å². The van der Waals surface area contributed by atoms with Gasteiger partial charge in [-0.15, -0.1) is 0 Å². The molecule has 0 aromatic heterocycles. The number of unbranched alkanes of at least 4 members (excludes halogenated alkanes) is 10. The molecule has 6 heteroatoms. The zero-order valence-electron chi connectivity index (χ0n) is 19.3. The Morgan fingerprint density at radius 3 is 1.10 bits per heavy atom. The Bertz CT molecular complexity index is 417. The fourth-order valence-corrected chi connectivity index (χ4v) is 2.42. The molecule has 0 bridgehead atoms. The average Bonchev–Trinajstić information content (AvgIpc) is 2.71. The highest BCUT2D eigenvalue weighted by Gasteiger charge is 2.03. The average molecular weight is 429 g/mol. The van der Waals surface area contributed by atoms with Crippen LogP contribution in [-0.2, 0) is 19.1 Å². The van der Waals surface area contributed by atoms with Gasteiger partial charge in [0, 0.05) is 24.4 Å². The number of carbonyl (C=O) groups excluding carboxylic acids is 2. The standard InChI is InChI=1S/C14H22O4.C10H22O2/c1-11(2)13(15)17-9-7-5-6-8-10-18-14(16)12(3)4;11-9-7-5-3-1-2-4-6-8-10-12/h1,3,5-10H2,2,4H3;11-12H,1-10H2. The van der Waals surface area contributed by atoms with Crippen LogP contribution in [0.3, 0.4) is 0 Å². The van der Waals surface area contributed by atoms with Crippen LogP contribution < -0.4 is 0 Å². The van der Waals surface area contributed by atoms with Crippen LogP contribution in [0.2, 0.25) is 0 Å². The third kappa shape index (κ3) is 24.4. The normalized spacial score (nSPS) is 10.0. The van der Waals surface area contributed by atoms with Crippen LogP contribution >= 0.6 is 0 Å². The summed E-state index contributed by atoms with van der Waals surface area (Å²) in [5.41, 5.74) is 0.836. The Labute approximate surface area is 183 Å². The Kier molecular flexibility index (Phi) is 24.0. The van der Waals surface area contributed by atoms with Crippen molar-refractivity contribution < 1.29 is 29.3 Å². The van der Waals surface area contributed by atoms with Crippen molar-refractivity contribution in [1.82, 2.24) is 0 Å². The molecule has 0 spiro atoms. The lowest BCUT2D eigenvalue weighted by molar-refractivity contribution is -0.140. The van der Waals surface area contributed by atoms with Gasteiger partial charge in [-0.25, -0.2) is 9.59 Å². The Morgan fingerprint density at radius 1 is 0.567 bits per heavy atom. The second-order valence-electron chi connectivity index (χ2n) is 7.52. The molecule has 0 aliphatic heterocycles. The van der Waals surface area contributed by atoms with Crippen molar-refractivity contribution in [2.24, 2.45) is 0 Å². The molecule has 0 aliphatic rings. The molecule has 2 N–H and O–H groups in total. The van der Waals surface area contributed by atoms with Crippen LogP contribution in [0.15, 0.2) is 24.3 Å². The van der Waals surface area contributed by atoms with E-state index in [2.05, 4.69) is 13.2 Å². The minimum absolute atomic E-state index is 0.338. The lowest BCUT2D eigenvalue weighted by Crippen LogP contribution is -2.07. The first-order valence-electron chi connectivity index (χ1n) is 11.2. The smallest absolute Gasteiger partial charge is 0.333 e. The fourth-order valence-electron chi connectivity index (χ4n) is 2.42. The molecule has 0 aromatic rings. The predicted octanol–water partition coefficient (Wildman–Crippen LogP) is 4.88. The monoisotopic (exact) mass is 428 g/mol. The van der Waals surface area contributed by atoms with Gasteiger partial charge in [0.25, 0.3) is 0 Å². The van der Waals surface area contributed by atoms with E-state index < -0.39 is 0 Å². The summed E-state index contributed by atoms with van der Waals surface area (Å²) in [5.74, 6) is -0.684. The molecular formula is C24H44O6. The van der Waals surface area contributed by atoms with Crippen molar-refractivity contribution in [3.8, 4) is 0 Å². The number of aliphatic hydroxyl groups excluding tert-OH is 2. The van der Waals surface area contributed by atoms with E-state index in [4.69, 9.17) is 19.7 Å². The summed E-state index contributed by atoms with van der Waals surface area (Å²) in [7, 11) is 0. The van der Waals surface area contributed by atoms with Crippen LogP contribution in [0.1, 0.15) is 90.9 Å². The van der Waals surface area contributed by atoms with Gasteiger partial charge in [-0.3, -0.25) is 0 Å². The maximum atomic E-state index is 11.0. The van der Waals surface area contributed by atoms with Crippen molar-refractivity contribution in [2.75, 3.05) is 26.4 Å². The van der Waals surface area contributed by atoms with E-state index in [0.29, 0.717) is 37.6 Å². The third-order valence-electron chi connectivity index (χ3n) is 4.27. The molecule has 30 heavy (non-hydrogen) atoms. The molecule has 0 amide bonds. The van der Waals surface area contributed by atoms with Crippen molar-refractivity contribution in [3.05, 3.63) is 24.3 Å². The number of carbonyl (C=O) groups is 2. The molecule has 6 nitrogen and oxygen atoms in total. The first-order chi connectivity index (χ1) is 14.4. The van der Waals surface area contributed by atoms with Gasteiger partial charge in [-0.1, -0.05) is 51.7 Å². The maximum absolute atomic E-state index is 11.0. The third-order valence-corrected chi connectivity index (χ3v) is 4.27. The molecule has 0 radical (unpaired) electrons. The number of hydrogen-bond acceptors (Lipinski definition) is 6. The molecule has 0 saturated heterocycles. The van der Waals surface area contributed by atoms with Crippen LogP contribution in [0.4, 0.5) is 0 Å². The largest absolute Gasteiger partial charge is 0.462 e. The highest BCUT2D eigenvalue weighted by atomic mass is 16.5. The zero-order chi connectivity index (χ0) is 23.0. The topological polar surface area (TPSA) is 93.1 Å². The summed E-state index contributed by atoms with van der Waals surface area (Å²) in [6.45, 7) is 11.7. The Balaban J connectivity index is 0. The van der Waals surface area contributed by atoms with Crippen LogP contribution in [0.25, 0.3) is 0 Å². The predicted molar refractivity (Wildman–Crippen MR) is 121 cm³/mol. The zero-order valence-corrected chi connectivity index (χ0v) is 19.3. The molecule has 0 aliphatic carbocycles. The minimum atomic E-state index is -0.342. The second kappa shape index (κ2) is 23.6. The quantitative estimate of drug-likeness (QED) is 0.184. The molecule has 0 aromatic carbocycles. The summed E-state index contributed by atoms with van der Waals surface area (Å²) >= 11 is 0. The van der Waals surface area contributed by atoms with Crippen molar-refractivity contribution in [3.63, 3.8) is 0 Å². The van der Waals surface area contributed by atoms with Gasteiger partial charge in [0.2, 0.25) is 0 Å². The molecule has 0 rings (SSSR count). The minimum Gasteiger partial charge on any atom is -0.462 e. The van der Waals surface area contributed by atoms with E-state index in [-0.39, 0.29) is 11.9 Å². The molecule has 176 valence electrons. The first kappa shape index (κ1) is 30.5. The van der Waals surface area contributed by atoms with E-state index in [1.54, 1.807) is 13.8 Å². The van der Waals surface area contributed by atoms with Gasteiger partial charge < -0.3 is 19.7 Å². The highest BCUT2D eigenvalue weighted by molar-refractivity contribution is 5.87. The van der Waals surface area contributed by atoms with E-state index in [0.717, 1.165) is 51.4 Å². The summed E-state index contributed by atoms with van der Waals surface area (Å²) in [5, 5.41) is 17.0. The van der Waals surface area contributed by atoms with Crippen LogP contribution in [0, 0.1) is 0 Å². The van der Waals surface area contributed by atoms with Crippen molar-refractivity contribution in [1.29, 1.82) is 0 Å². The number of aliphatic hydroxyl groups is 2. The molecule has 0 fully saturated rings. The van der Waals surface area contributed by atoms with Gasteiger partial charge in [0.1, 0.15) is 0 Å². The molecule has 0 saturated carbocycles. The summed E-state index contributed by atoms with van der Waals surface area (Å²) < 4.78 is 9.89. The van der Waals surface area contributed by atoms with E-state index >= 15 is 0 Å². The van der Waals surface area contributed by atoms with Crippen molar-refractivity contribution in [2.45, 2.75) is 90.9 Å². The Morgan fingerprint density at radius 2 is 0.833 bits per heavy atom. The fraction of sp³-hybridized carbons (Fsp3) is 0.750. The second-order valence-corrected chi connectivity index (χ2v) is 7.52. The maximum Gasteiger partial charge on any atom is 0.333 e. The van der Waals surface area contributed by atoms with E-state index in [1.165, 1.54) is 25.7 Å². The molecular weight excluding hydrogens is 384 g/mol. The summed E-state index contributed by atoms with van der Waals surface area (Å²) in [6, 6.07) is 0. The van der Waals surface area contributed by atoms with Gasteiger partial charge in [-0.05, 0) is 52.4 Å². The van der Waals surface area contributed by atoms with E-state index in [9.17, 15) is 9.59 Å². The SMILES string of the molecule is C=C(C)C(=O)OCCCCCCOC(=O)C(=C)C.OCCCCCCCCCCO. The summed E-state index contributed by atoms with van der Waals surface area (Å²) in [4.78, 5) is 22.1. The number of ether oxygens (including phenoxy) is 2. The molecule has 0 unspecified atom stereocenters. The molecule has 0 atom stereocenters. The van der Waals surface area contributed by atoms with Gasteiger partial charge in [0.15, 0.2) is 0 Å². The lowest BCUT2D eigenvalue weighted by Gasteiger charge is -2.05. The Hall–Kier alpha value is -1.66. The van der Waals surface area contributed by atoms with Crippen molar-refractivity contribution >= 4 is 11.9 Å². The number of rotatable bonds is 18. The summed E-state index contributed by atoms with van der Waals surface area (Å²) in [6.07, 6.45) is 12.8. The highest BCUT2D eigenvalue weighted by Crippen LogP contribution is 2.07. The number of hydrogen-bond donors (Lipinski definition) is 2. The first-order valence-corrected chi connectivity index (χ1v) is 11.2. The van der Waals surface area contributed by atoms with Gasteiger partial charge >= 0.3 is 11.9 Å². The molecule has 0 heterocycles. The lowest BCUT2D eigenvalue weighted by atomic mass is 10.1. The van der Waals surface area contributed by atoms with Crippen LogP contribution in [0.5, 0.6) is 0 Å². The van der Waals surface area contributed by atoms with E-state index in [1.807, 2.05) is 0 Å². The van der Waals surface area contributed by atoms with Gasteiger partial charge in [0.05, 0.1) is 13.2 Å². The number of esters is 2.